The van der Waals surface area contributed by atoms with Gasteiger partial charge < -0.3 is 14.6 Å². The highest BCUT2D eigenvalue weighted by Crippen LogP contribution is 2.32. The predicted molar refractivity (Wildman–Crippen MR) is 111 cm³/mol. The van der Waals surface area contributed by atoms with Crippen LogP contribution in [0.5, 0.6) is 0 Å². The normalized spacial score (nSPS) is 20.3. The molecule has 4 nitrogen and oxygen atoms in total. The molecule has 1 rings (SSSR count). The quantitative estimate of drug-likeness (QED) is 0.223. The first-order valence-corrected chi connectivity index (χ1v) is 11.6. The van der Waals surface area contributed by atoms with Crippen molar-refractivity contribution in [2.45, 2.75) is 135 Å². The van der Waals surface area contributed by atoms with E-state index in [0.29, 0.717) is 19.4 Å². The van der Waals surface area contributed by atoms with E-state index in [-0.39, 0.29) is 5.97 Å². The number of aliphatic hydroxyl groups excluding tert-OH is 1. The van der Waals surface area contributed by atoms with E-state index in [0.717, 1.165) is 12.8 Å². The van der Waals surface area contributed by atoms with Gasteiger partial charge in [0.15, 0.2) is 0 Å². The summed E-state index contributed by atoms with van der Waals surface area (Å²) < 4.78 is 10.6. The summed E-state index contributed by atoms with van der Waals surface area (Å²) in [5.74, 6) is -1.31. The van der Waals surface area contributed by atoms with E-state index in [1.807, 2.05) is 0 Å². The molecule has 0 aromatic carbocycles. The fourth-order valence-electron chi connectivity index (χ4n) is 3.68. The maximum absolute atomic E-state index is 11.9. The number of carbonyl (C=O) groups is 1. The van der Waals surface area contributed by atoms with E-state index in [9.17, 15) is 9.90 Å². The van der Waals surface area contributed by atoms with Crippen LogP contribution in [0.3, 0.4) is 0 Å². The van der Waals surface area contributed by atoms with Gasteiger partial charge in [-0.3, -0.25) is 4.79 Å². The summed E-state index contributed by atoms with van der Waals surface area (Å²) in [4.78, 5) is 11.9. The number of rotatable bonds is 18. The molecule has 0 bridgehead atoms. The van der Waals surface area contributed by atoms with Gasteiger partial charge in [-0.15, -0.1) is 0 Å². The van der Waals surface area contributed by atoms with Crippen molar-refractivity contribution < 1.29 is 19.4 Å². The summed E-state index contributed by atoms with van der Waals surface area (Å²) in [6, 6.07) is 0. The Kier molecular flexibility index (Phi) is 13.9. The molecule has 0 aromatic rings. The molecule has 1 fully saturated rings. The number of unbranched alkanes of at least 4 members (excludes halogenated alkanes) is 14. The summed E-state index contributed by atoms with van der Waals surface area (Å²) in [6.45, 7) is 4.43. The van der Waals surface area contributed by atoms with Crippen molar-refractivity contribution in [3.05, 3.63) is 0 Å². The van der Waals surface area contributed by atoms with Crippen LogP contribution in [0.4, 0.5) is 0 Å². The van der Waals surface area contributed by atoms with E-state index in [1.54, 1.807) is 6.92 Å². The molecule has 1 aliphatic rings. The molecule has 2 atom stereocenters. The molecule has 4 heteroatoms. The fourth-order valence-corrected chi connectivity index (χ4v) is 3.68. The molecule has 1 N–H and O–H groups in total. The van der Waals surface area contributed by atoms with Crippen molar-refractivity contribution in [1.29, 1.82) is 0 Å². The van der Waals surface area contributed by atoms with Crippen LogP contribution < -0.4 is 0 Å². The molecule has 160 valence electrons. The smallest absolute Gasteiger partial charge is 0.308 e. The van der Waals surface area contributed by atoms with E-state index >= 15 is 0 Å². The van der Waals surface area contributed by atoms with Gasteiger partial charge in [0, 0.05) is 12.8 Å². The minimum atomic E-state index is -1.06. The number of ether oxygens (including phenoxy) is 2. The summed E-state index contributed by atoms with van der Waals surface area (Å²) in [7, 11) is 0. The highest BCUT2D eigenvalue weighted by molar-refractivity contribution is 5.69. The van der Waals surface area contributed by atoms with Crippen molar-refractivity contribution in [3.63, 3.8) is 0 Å². The highest BCUT2D eigenvalue weighted by Gasteiger charge is 2.47. The van der Waals surface area contributed by atoms with Gasteiger partial charge in [0.2, 0.25) is 5.79 Å². The summed E-state index contributed by atoms with van der Waals surface area (Å²) >= 11 is 0. The molecule has 0 amide bonds. The second-order valence-corrected chi connectivity index (χ2v) is 8.26. The Bertz CT molecular complexity index is 363. The second kappa shape index (κ2) is 15.3. The SMILES string of the molecule is CCCCCCCCCCCCCCCCCC(=O)OC1(C(C)O)CCO1. The van der Waals surface area contributed by atoms with Gasteiger partial charge in [-0.25, -0.2) is 0 Å². The average Bonchev–Trinajstić information content (AvgIpc) is 2.61. The number of hydrogen-bond donors (Lipinski definition) is 1. The first-order chi connectivity index (χ1) is 13.1. The number of esters is 1. The largest absolute Gasteiger partial charge is 0.430 e. The molecule has 1 heterocycles. The number of aliphatic hydroxyl groups is 1. The van der Waals surface area contributed by atoms with Crippen molar-refractivity contribution in [2.75, 3.05) is 6.61 Å². The molecular weight excluding hydrogens is 340 g/mol. The third kappa shape index (κ3) is 11.1. The fraction of sp³-hybridized carbons (Fsp3) is 0.957. The van der Waals surface area contributed by atoms with Crippen LogP contribution in [0.2, 0.25) is 0 Å². The Labute approximate surface area is 167 Å². The minimum absolute atomic E-state index is 0.245. The Hall–Kier alpha value is -0.610. The lowest BCUT2D eigenvalue weighted by atomic mass is 10.0. The minimum Gasteiger partial charge on any atom is -0.430 e. The van der Waals surface area contributed by atoms with Gasteiger partial charge in [0.05, 0.1) is 6.61 Å². The molecule has 0 aliphatic carbocycles. The third-order valence-corrected chi connectivity index (χ3v) is 5.70. The molecule has 27 heavy (non-hydrogen) atoms. The number of hydrogen-bond acceptors (Lipinski definition) is 4. The average molecular weight is 385 g/mol. The van der Waals surface area contributed by atoms with Crippen molar-refractivity contribution >= 4 is 5.97 Å². The lowest BCUT2D eigenvalue weighted by Crippen LogP contribution is -2.55. The van der Waals surface area contributed by atoms with Crippen molar-refractivity contribution in [3.8, 4) is 0 Å². The maximum atomic E-state index is 11.9. The lowest BCUT2D eigenvalue weighted by molar-refractivity contribution is -0.326. The first-order valence-electron chi connectivity index (χ1n) is 11.6. The zero-order valence-electron chi connectivity index (χ0n) is 18.0. The van der Waals surface area contributed by atoms with Crippen LogP contribution in [-0.4, -0.2) is 29.6 Å². The summed E-state index contributed by atoms with van der Waals surface area (Å²) in [5, 5.41) is 9.67. The zero-order chi connectivity index (χ0) is 19.8. The van der Waals surface area contributed by atoms with Crippen LogP contribution in [0, 0.1) is 0 Å². The molecule has 0 spiro atoms. The Morgan fingerprint density at radius 2 is 1.30 bits per heavy atom. The van der Waals surface area contributed by atoms with Crippen LogP contribution in [0.15, 0.2) is 0 Å². The van der Waals surface area contributed by atoms with Gasteiger partial charge in [-0.2, -0.15) is 0 Å². The summed E-state index contributed by atoms with van der Waals surface area (Å²) in [6.07, 6.45) is 19.9. The van der Waals surface area contributed by atoms with Gasteiger partial charge >= 0.3 is 5.97 Å². The molecule has 1 saturated heterocycles. The Balaban J connectivity index is 1.81. The highest BCUT2D eigenvalue weighted by atomic mass is 16.7. The van der Waals surface area contributed by atoms with E-state index in [1.165, 1.54) is 83.5 Å². The monoisotopic (exact) mass is 384 g/mol. The summed E-state index contributed by atoms with van der Waals surface area (Å²) in [5.41, 5.74) is 0. The van der Waals surface area contributed by atoms with Crippen molar-refractivity contribution in [2.24, 2.45) is 0 Å². The second-order valence-electron chi connectivity index (χ2n) is 8.26. The number of carbonyl (C=O) groups excluding carboxylic acids is 1. The van der Waals surface area contributed by atoms with Crippen LogP contribution in [0.1, 0.15) is 123 Å². The van der Waals surface area contributed by atoms with E-state index in [2.05, 4.69) is 6.92 Å². The molecule has 2 unspecified atom stereocenters. The first kappa shape index (κ1) is 24.4. The lowest BCUT2D eigenvalue weighted by Gasteiger charge is -2.42. The van der Waals surface area contributed by atoms with E-state index in [4.69, 9.17) is 9.47 Å². The van der Waals surface area contributed by atoms with Crippen molar-refractivity contribution in [1.82, 2.24) is 0 Å². The maximum Gasteiger partial charge on any atom is 0.308 e. The zero-order valence-corrected chi connectivity index (χ0v) is 18.0. The third-order valence-electron chi connectivity index (χ3n) is 5.70. The molecule has 0 radical (unpaired) electrons. The Morgan fingerprint density at radius 3 is 1.63 bits per heavy atom. The van der Waals surface area contributed by atoms with Crippen LogP contribution >= 0.6 is 0 Å². The molecule has 0 saturated carbocycles. The van der Waals surface area contributed by atoms with Crippen LogP contribution in [0.25, 0.3) is 0 Å². The van der Waals surface area contributed by atoms with E-state index < -0.39 is 11.9 Å². The molecule has 0 aromatic heterocycles. The van der Waals surface area contributed by atoms with Gasteiger partial charge in [-0.1, -0.05) is 96.8 Å². The van der Waals surface area contributed by atoms with Gasteiger partial charge in [0.1, 0.15) is 6.10 Å². The Morgan fingerprint density at radius 1 is 0.889 bits per heavy atom. The standard InChI is InChI=1S/C23H44O4/c1-3-4-5-6-7-8-9-10-11-12-13-14-15-16-17-18-22(25)27-23(21(2)24)19-20-26-23/h21,24H,3-20H2,1-2H3. The molecule has 1 aliphatic heterocycles. The molecular formula is C23H44O4. The van der Waals surface area contributed by atoms with Gasteiger partial charge in [0.25, 0.3) is 0 Å². The van der Waals surface area contributed by atoms with Gasteiger partial charge in [-0.05, 0) is 13.3 Å². The topological polar surface area (TPSA) is 55.8 Å². The predicted octanol–water partition coefficient (Wildman–Crippen LogP) is 6.29. The van der Waals surface area contributed by atoms with Crippen LogP contribution in [-0.2, 0) is 14.3 Å².